The second-order valence-electron chi connectivity index (χ2n) is 3.73. The largest absolute Gasteiger partial charge is 0.462 e. The third kappa shape index (κ3) is 1.71. The molecule has 90 valence electrons. The smallest absolute Gasteiger partial charge is 0.342 e. The van der Waals surface area contributed by atoms with E-state index in [1.807, 2.05) is 0 Å². The van der Waals surface area contributed by atoms with Gasteiger partial charge in [0.15, 0.2) is 0 Å². The van der Waals surface area contributed by atoms with Gasteiger partial charge in [-0.15, -0.1) is 0 Å². The highest BCUT2D eigenvalue weighted by Crippen LogP contribution is 2.17. The first-order valence-electron chi connectivity index (χ1n) is 5.27. The van der Waals surface area contributed by atoms with E-state index in [9.17, 15) is 9.59 Å². The number of nitrogens with one attached hydrogen (secondary N) is 1. The Labute approximate surface area is 97.2 Å². The topological polar surface area (TPSA) is 77.0 Å². The Kier molecular flexibility index (Phi) is 2.71. The van der Waals surface area contributed by atoms with Gasteiger partial charge in [0, 0.05) is 12.7 Å². The number of nitrogens with zero attached hydrogens (tertiary/aromatic N) is 2. The predicted octanol–water partition coefficient (Wildman–Crippen LogP) is 0.747. The van der Waals surface area contributed by atoms with Crippen molar-refractivity contribution in [3.05, 3.63) is 27.9 Å². The van der Waals surface area contributed by atoms with Crippen molar-refractivity contribution in [1.29, 1.82) is 0 Å². The Balaban J connectivity index is 2.73. The Morgan fingerprint density at radius 1 is 1.59 bits per heavy atom. The van der Waals surface area contributed by atoms with Gasteiger partial charge in [0.1, 0.15) is 16.6 Å². The number of fused-ring (bicyclic) bond motifs is 1. The van der Waals surface area contributed by atoms with Crippen molar-refractivity contribution in [3.8, 4) is 0 Å². The summed E-state index contributed by atoms with van der Waals surface area (Å²) in [5, 5.41) is 0. The van der Waals surface area contributed by atoms with E-state index in [0.717, 1.165) is 0 Å². The van der Waals surface area contributed by atoms with E-state index in [1.165, 1.54) is 10.9 Å². The fraction of sp³-hybridized carbons (Fsp3) is 0.364. The molecule has 0 aliphatic carbocycles. The van der Waals surface area contributed by atoms with Crippen LogP contribution in [0.1, 0.15) is 23.0 Å². The van der Waals surface area contributed by atoms with Crippen LogP contribution in [0.4, 0.5) is 0 Å². The number of hydrogen-bond donors (Lipinski definition) is 1. The van der Waals surface area contributed by atoms with Crippen molar-refractivity contribution in [2.24, 2.45) is 7.05 Å². The van der Waals surface area contributed by atoms with Crippen LogP contribution in [-0.2, 0) is 11.8 Å². The molecule has 0 fully saturated rings. The fourth-order valence-corrected chi connectivity index (χ4v) is 1.72. The zero-order chi connectivity index (χ0) is 12.6. The van der Waals surface area contributed by atoms with Crippen molar-refractivity contribution in [2.45, 2.75) is 13.8 Å². The van der Waals surface area contributed by atoms with Crippen LogP contribution in [0.3, 0.4) is 0 Å². The first-order valence-corrected chi connectivity index (χ1v) is 5.27. The molecule has 2 aromatic heterocycles. The van der Waals surface area contributed by atoms with Crippen LogP contribution >= 0.6 is 0 Å². The maximum absolute atomic E-state index is 11.8. The lowest BCUT2D eigenvalue weighted by atomic mass is 10.2. The van der Waals surface area contributed by atoms with E-state index < -0.39 is 5.97 Å². The van der Waals surface area contributed by atoms with Crippen LogP contribution in [0.5, 0.6) is 0 Å². The van der Waals surface area contributed by atoms with Gasteiger partial charge in [-0.05, 0) is 13.8 Å². The average Bonchev–Trinajstić information content (AvgIpc) is 2.61. The molecular weight excluding hydrogens is 222 g/mol. The maximum Gasteiger partial charge on any atom is 0.342 e. The van der Waals surface area contributed by atoms with Gasteiger partial charge in [-0.3, -0.25) is 4.79 Å². The summed E-state index contributed by atoms with van der Waals surface area (Å²) < 4.78 is 6.29. The normalized spacial score (nSPS) is 10.8. The summed E-state index contributed by atoms with van der Waals surface area (Å²) in [6, 6.07) is 0. The summed E-state index contributed by atoms with van der Waals surface area (Å²) >= 11 is 0. The molecule has 6 heteroatoms. The molecule has 0 radical (unpaired) electrons. The number of H-pyrrole nitrogens is 1. The molecule has 0 saturated carbocycles. The first kappa shape index (κ1) is 11.4. The Hall–Kier alpha value is -2.11. The number of aryl methyl sites for hydroxylation is 2. The number of hydrogen-bond acceptors (Lipinski definition) is 4. The van der Waals surface area contributed by atoms with Gasteiger partial charge in [-0.1, -0.05) is 0 Å². The Bertz CT molecular complexity index is 639. The number of esters is 1. The highest BCUT2D eigenvalue weighted by Gasteiger charge is 2.20. The maximum atomic E-state index is 11.8. The highest BCUT2D eigenvalue weighted by molar-refractivity contribution is 6.03. The van der Waals surface area contributed by atoms with E-state index in [1.54, 1.807) is 20.9 Å². The molecule has 0 atom stereocenters. The van der Waals surface area contributed by atoms with Gasteiger partial charge < -0.3 is 14.3 Å². The molecule has 2 aromatic rings. The molecule has 1 N–H and O–H groups in total. The number of aromatic amines is 1. The predicted molar refractivity (Wildman–Crippen MR) is 62.0 cm³/mol. The molecule has 0 aliphatic rings. The van der Waals surface area contributed by atoms with Crippen molar-refractivity contribution >= 4 is 17.0 Å². The van der Waals surface area contributed by atoms with Crippen LogP contribution in [0.25, 0.3) is 11.0 Å². The van der Waals surface area contributed by atoms with E-state index in [-0.39, 0.29) is 12.2 Å². The third-order valence-electron chi connectivity index (χ3n) is 2.53. The van der Waals surface area contributed by atoms with E-state index in [4.69, 9.17) is 4.74 Å². The minimum atomic E-state index is -0.461. The molecule has 0 saturated heterocycles. The molecule has 17 heavy (non-hydrogen) atoms. The Morgan fingerprint density at radius 3 is 2.94 bits per heavy atom. The number of ether oxygens (including phenoxy) is 1. The summed E-state index contributed by atoms with van der Waals surface area (Å²) in [5.41, 5.74) is 1.40. The minimum Gasteiger partial charge on any atom is -0.462 e. The molecule has 0 spiro atoms. The van der Waals surface area contributed by atoms with Gasteiger partial charge in [-0.2, -0.15) is 0 Å². The minimum absolute atomic E-state index is 0.214. The zero-order valence-corrected chi connectivity index (χ0v) is 9.90. The standard InChI is InChI=1S/C11H13N3O3/c1-4-17-11(16)7-6(2)13-9-8(7)12-5-14(3)10(9)15/h5,13H,4H2,1-3H3. The van der Waals surface area contributed by atoms with Crippen LogP contribution in [0.15, 0.2) is 11.1 Å². The number of rotatable bonds is 2. The quantitative estimate of drug-likeness (QED) is 0.779. The molecule has 0 aliphatic heterocycles. The monoisotopic (exact) mass is 235 g/mol. The fourth-order valence-electron chi connectivity index (χ4n) is 1.72. The molecule has 0 bridgehead atoms. The molecule has 2 heterocycles. The van der Waals surface area contributed by atoms with Gasteiger partial charge >= 0.3 is 5.97 Å². The second kappa shape index (κ2) is 4.04. The molecule has 0 amide bonds. The lowest BCUT2D eigenvalue weighted by molar-refractivity contribution is 0.0527. The molecule has 0 aromatic carbocycles. The average molecular weight is 235 g/mol. The summed E-state index contributed by atoms with van der Waals surface area (Å²) in [6.07, 6.45) is 1.39. The van der Waals surface area contributed by atoms with Crippen LogP contribution in [0.2, 0.25) is 0 Å². The lowest BCUT2D eigenvalue weighted by Crippen LogP contribution is -2.17. The van der Waals surface area contributed by atoms with Gasteiger partial charge in [0.2, 0.25) is 0 Å². The lowest BCUT2D eigenvalue weighted by Gasteiger charge is -2.01. The molecular formula is C11H13N3O3. The first-order chi connectivity index (χ1) is 8.06. The van der Waals surface area contributed by atoms with E-state index in [2.05, 4.69) is 9.97 Å². The van der Waals surface area contributed by atoms with E-state index in [0.29, 0.717) is 22.3 Å². The molecule has 6 nitrogen and oxygen atoms in total. The molecule has 2 rings (SSSR count). The van der Waals surface area contributed by atoms with Crippen molar-refractivity contribution in [3.63, 3.8) is 0 Å². The highest BCUT2D eigenvalue weighted by atomic mass is 16.5. The third-order valence-corrected chi connectivity index (χ3v) is 2.53. The summed E-state index contributed by atoms with van der Waals surface area (Å²) in [7, 11) is 1.61. The zero-order valence-electron chi connectivity index (χ0n) is 9.90. The van der Waals surface area contributed by atoms with Gasteiger partial charge in [-0.25, -0.2) is 9.78 Å². The van der Waals surface area contributed by atoms with Crippen LogP contribution < -0.4 is 5.56 Å². The van der Waals surface area contributed by atoms with Crippen molar-refractivity contribution in [1.82, 2.24) is 14.5 Å². The second-order valence-corrected chi connectivity index (χ2v) is 3.73. The number of aromatic nitrogens is 3. The van der Waals surface area contributed by atoms with E-state index >= 15 is 0 Å². The Morgan fingerprint density at radius 2 is 2.29 bits per heavy atom. The summed E-state index contributed by atoms with van der Waals surface area (Å²) in [4.78, 5) is 30.5. The number of carbonyl (C=O) groups is 1. The summed E-state index contributed by atoms with van der Waals surface area (Å²) in [6.45, 7) is 3.73. The van der Waals surface area contributed by atoms with Crippen molar-refractivity contribution < 1.29 is 9.53 Å². The van der Waals surface area contributed by atoms with Gasteiger partial charge in [0.25, 0.3) is 5.56 Å². The van der Waals surface area contributed by atoms with Gasteiger partial charge in [0.05, 0.1) is 12.9 Å². The van der Waals surface area contributed by atoms with Crippen molar-refractivity contribution in [2.75, 3.05) is 6.61 Å². The van der Waals surface area contributed by atoms with Crippen LogP contribution in [-0.4, -0.2) is 27.1 Å². The summed E-state index contributed by atoms with van der Waals surface area (Å²) in [5.74, 6) is -0.461. The molecule has 0 unspecified atom stereocenters. The van der Waals surface area contributed by atoms with Crippen LogP contribution in [0, 0.1) is 6.92 Å². The number of carbonyl (C=O) groups excluding carboxylic acids is 1. The SMILES string of the molecule is CCOC(=O)c1c(C)[nH]c2c(=O)n(C)cnc12.